The number of methoxy groups -OCH3 is 1. The van der Waals surface area contributed by atoms with Gasteiger partial charge in [-0.3, -0.25) is 0 Å². The average molecular weight is 361 g/mol. The van der Waals surface area contributed by atoms with Crippen LogP contribution in [-0.4, -0.2) is 38.1 Å². The zero-order valence-corrected chi connectivity index (χ0v) is 13.5. The van der Waals surface area contributed by atoms with Crippen LogP contribution in [0.3, 0.4) is 0 Å². The Morgan fingerprint density at radius 1 is 1.23 bits per heavy atom. The number of nitrogens with one attached hydrogen (secondary N) is 2. The second-order valence-corrected chi connectivity index (χ2v) is 6.96. The first kappa shape index (κ1) is 14.4. The Labute approximate surface area is 133 Å². The number of nitrogens with zero attached hydrogens (tertiary/aromatic N) is 1. The van der Waals surface area contributed by atoms with Gasteiger partial charge in [-0.1, -0.05) is 0 Å². The summed E-state index contributed by atoms with van der Waals surface area (Å²) in [5, 5.41) is 2.52. The molecule has 1 heterocycles. The number of rotatable bonds is 3. The van der Waals surface area contributed by atoms with Crippen molar-refractivity contribution in [3.8, 4) is 0 Å². The van der Waals surface area contributed by atoms with E-state index in [9.17, 15) is 4.79 Å². The molecule has 0 aliphatic rings. The number of fused-ring (bicyclic) bond motifs is 1. The molecule has 0 fully saturated rings. The van der Waals surface area contributed by atoms with E-state index in [0.29, 0.717) is 5.95 Å². The SMILES string of the molecule is COC(=O)Nc1nc2ccc([Se]c3ccc(N)cc3)cc2[nH]1. The number of aromatic nitrogens is 2. The quantitative estimate of drug-likeness (QED) is 0.479. The second-order valence-electron chi connectivity index (χ2n) is 4.55. The van der Waals surface area contributed by atoms with Gasteiger partial charge in [0.2, 0.25) is 0 Å². The summed E-state index contributed by atoms with van der Waals surface area (Å²) in [6, 6.07) is 13.9. The van der Waals surface area contributed by atoms with Crippen LogP contribution in [0.4, 0.5) is 16.4 Å². The number of H-pyrrole nitrogens is 1. The molecule has 2 aromatic carbocycles. The number of benzene rings is 2. The van der Waals surface area contributed by atoms with E-state index in [0.717, 1.165) is 16.7 Å². The van der Waals surface area contributed by atoms with Crippen LogP contribution in [0.25, 0.3) is 11.0 Å². The fourth-order valence-electron chi connectivity index (χ4n) is 1.93. The molecule has 1 aromatic heterocycles. The molecular formula is C15H14N4O2Se. The Bertz CT molecular complexity index is 814. The molecule has 0 atom stereocenters. The van der Waals surface area contributed by atoms with Gasteiger partial charge in [-0.15, -0.1) is 0 Å². The molecular weight excluding hydrogens is 347 g/mol. The maximum atomic E-state index is 11.2. The molecule has 0 aliphatic heterocycles. The summed E-state index contributed by atoms with van der Waals surface area (Å²) >= 11 is 0.183. The van der Waals surface area contributed by atoms with Gasteiger partial charge in [0.1, 0.15) is 0 Å². The number of hydrogen-bond donors (Lipinski definition) is 3. The van der Waals surface area contributed by atoms with Crippen molar-refractivity contribution in [3.05, 3.63) is 42.5 Å². The van der Waals surface area contributed by atoms with Crippen LogP contribution in [-0.2, 0) is 4.74 Å². The Balaban J connectivity index is 1.83. The molecule has 22 heavy (non-hydrogen) atoms. The Morgan fingerprint density at radius 3 is 2.68 bits per heavy atom. The molecule has 7 heteroatoms. The van der Waals surface area contributed by atoms with Gasteiger partial charge in [0.15, 0.2) is 0 Å². The van der Waals surface area contributed by atoms with Gasteiger partial charge in [-0.25, -0.2) is 0 Å². The van der Waals surface area contributed by atoms with E-state index < -0.39 is 6.09 Å². The molecule has 0 saturated carbocycles. The monoisotopic (exact) mass is 362 g/mol. The number of anilines is 2. The first-order valence-corrected chi connectivity index (χ1v) is 8.23. The van der Waals surface area contributed by atoms with Crippen molar-refractivity contribution in [2.24, 2.45) is 0 Å². The minimum absolute atomic E-state index is 0.183. The van der Waals surface area contributed by atoms with Crippen molar-refractivity contribution < 1.29 is 9.53 Å². The van der Waals surface area contributed by atoms with Crippen molar-refractivity contribution in [3.63, 3.8) is 0 Å². The number of hydrogen-bond acceptors (Lipinski definition) is 4. The van der Waals surface area contributed by atoms with Crippen molar-refractivity contribution >= 4 is 52.6 Å². The zero-order valence-electron chi connectivity index (χ0n) is 11.8. The second kappa shape index (κ2) is 6.09. The zero-order chi connectivity index (χ0) is 15.5. The topological polar surface area (TPSA) is 93.0 Å². The molecule has 0 bridgehead atoms. The fourth-order valence-corrected chi connectivity index (χ4v) is 3.73. The minimum atomic E-state index is -0.551. The van der Waals surface area contributed by atoms with E-state index in [4.69, 9.17) is 5.73 Å². The summed E-state index contributed by atoms with van der Waals surface area (Å²) in [4.78, 5) is 18.5. The standard InChI is InChI=1S/C15H14N4O2Se/c1-21-15(20)19-14-17-12-7-6-11(8-13(12)18-14)22-10-4-2-9(16)3-5-10/h2-8H,16H2,1H3,(H2,17,18,19,20). The molecule has 1 amide bonds. The summed E-state index contributed by atoms with van der Waals surface area (Å²) in [6.45, 7) is 0. The van der Waals surface area contributed by atoms with Gasteiger partial charge in [-0.2, -0.15) is 0 Å². The molecule has 4 N–H and O–H groups in total. The van der Waals surface area contributed by atoms with Crippen molar-refractivity contribution in [2.75, 3.05) is 18.2 Å². The number of carbonyl (C=O) groups excluding carboxylic acids is 1. The molecule has 0 radical (unpaired) electrons. The molecule has 0 aliphatic carbocycles. The number of imidazole rings is 1. The van der Waals surface area contributed by atoms with Gasteiger partial charge >= 0.3 is 133 Å². The molecule has 112 valence electrons. The summed E-state index contributed by atoms with van der Waals surface area (Å²) in [5.74, 6) is 0.374. The third kappa shape index (κ3) is 3.21. The van der Waals surface area contributed by atoms with Gasteiger partial charge in [0.05, 0.1) is 0 Å². The van der Waals surface area contributed by atoms with E-state index in [1.54, 1.807) is 0 Å². The Hall–Kier alpha value is -2.50. The number of ether oxygens (including phenoxy) is 1. The fraction of sp³-hybridized carbons (Fsp3) is 0.0667. The molecule has 3 aromatic rings. The van der Waals surface area contributed by atoms with Crippen LogP contribution in [0.2, 0.25) is 0 Å². The van der Waals surface area contributed by atoms with Crippen LogP contribution in [0.1, 0.15) is 0 Å². The Morgan fingerprint density at radius 2 is 1.95 bits per heavy atom. The molecule has 3 rings (SSSR count). The number of nitrogen functional groups attached to an aromatic ring is 1. The Kier molecular flexibility index (Phi) is 4.00. The van der Waals surface area contributed by atoms with Crippen LogP contribution in [0.15, 0.2) is 42.5 Å². The van der Waals surface area contributed by atoms with Crippen LogP contribution >= 0.6 is 0 Å². The van der Waals surface area contributed by atoms with E-state index in [-0.39, 0.29) is 15.0 Å². The van der Waals surface area contributed by atoms with E-state index in [1.165, 1.54) is 16.0 Å². The summed E-state index contributed by atoms with van der Waals surface area (Å²) in [5.41, 5.74) is 8.13. The molecule has 0 unspecified atom stereocenters. The normalized spacial score (nSPS) is 10.6. The first-order chi connectivity index (χ1) is 10.6. The molecule has 0 spiro atoms. The van der Waals surface area contributed by atoms with E-state index >= 15 is 0 Å². The maximum absolute atomic E-state index is 11.2. The van der Waals surface area contributed by atoms with Gasteiger partial charge in [0, 0.05) is 0 Å². The van der Waals surface area contributed by atoms with Crippen LogP contribution in [0, 0.1) is 0 Å². The predicted octanol–water partition coefficient (Wildman–Crippen LogP) is 0.978. The number of amides is 1. The van der Waals surface area contributed by atoms with Gasteiger partial charge in [-0.05, 0) is 0 Å². The average Bonchev–Trinajstić information content (AvgIpc) is 2.91. The van der Waals surface area contributed by atoms with Crippen LogP contribution < -0.4 is 20.0 Å². The predicted molar refractivity (Wildman–Crippen MR) is 88.0 cm³/mol. The number of nitrogens with two attached hydrogens (primary N) is 1. The van der Waals surface area contributed by atoms with E-state index in [2.05, 4.69) is 20.0 Å². The van der Waals surface area contributed by atoms with Gasteiger partial charge < -0.3 is 0 Å². The van der Waals surface area contributed by atoms with Gasteiger partial charge in [0.25, 0.3) is 0 Å². The summed E-state index contributed by atoms with van der Waals surface area (Å²) in [6.07, 6.45) is -0.551. The first-order valence-electron chi connectivity index (χ1n) is 6.52. The van der Waals surface area contributed by atoms with Crippen molar-refractivity contribution in [1.29, 1.82) is 0 Å². The molecule has 6 nitrogen and oxygen atoms in total. The van der Waals surface area contributed by atoms with E-state index in [1.807, 2.05) is 42.5 Å². The third-order valence-corrected chi connectivity index (χ3v) is 5.07. The number of aromatic amines is 1. The van der Waals surface area contributed by atoms with Crippen LogP contribution in [0.5, 0.6) is 0 Å². The van der Waals surface area contributed by atoms with Crippen molar-refractivity contribution in [1.82, 2.24) is 9.97 Å². The molecule has 0 saturated heterocycles. The summed E-state index contributed by atoms with van der Waals surface area (Å²) in [7, 11) is 1.31. The number of carbonyl (C=O) groups is 1. The third-order valence-electron chi connectivity index (χ3n) is 2.98. The van der Waals surface area contributed by atoms with Crippen molar-refractivity contribution in [2.45, 2.75) is 0 Å². The summed E-state index contributed by atoms with van der Waals surface area (Å²) < 4.78 is 7.00.